The van der Waals surface area contributed by atoms with Crippen molar-refractivity contribution in [2.24, 2.45) is 0 Å². The molecule has 0 saturated carbocycles. The molecule has 7 aromatic rings. The Labute approximate surface area is 353 Å². The number of hydrogen-bond acceptors (Lipinski definition) is 4. The number of anilines is 2. The number of ether oxygens (including phenoxy) is 1. The predicted octanol–water partition coefficient (Wildman–Crippen LogP) is 13.3. The van der Waals surface area contributed by atoms with Gasteiger partial charge in [-0.1, -0.05) is 102 Å². The van der Waals surface area contributed by atoms with Gasteiger partial charge >= 0.3 is 0 Å². The minimum atomic E-state index is -0.0247. The summed E-state index contributed by atoms with van der Waals surface area (Å²) < 4.78 is 8.90. The van der Waals surface area contributed by atoms with E-state index in [9.17, 15) is 0 Å². The zero-order valence-electron chi connectivity index (χ0n) is 34.9. The molecule has 6 heteroatoms. The van der Waals surface area contributed by atoms with Crippen LogP contribution in [0.5, 0.6) is 11.5 Å². The van der Waals surface area contributed by atoms with E-state index in [0.717, 1.165) is 50.1 Å². The zero-order chi connectivity index (χ0) is 39.7. The number of aryl methyl sites for hydroxylation is 5. The molecular formula is C51H51N4OPt-3. The number of benzene rings is 5. The molecular weight excluding hydrogens is 880 g/mol. The molecule has 0 aliphatic carbocycles. The van der Waals surface area contributed by atoms with Crippen LogP contribution >= 0.6 is 0 Å². The maximum Gasteiger partial charge on any atom is 0.136 e. The zero-order valence-corrected chi connectivity index (χ0v) is 37.2. The number of pyridine rings is 1. The second kappa shape index (κ2) is 15.0. The van der Waals surface area contributed by atoms with Crippen LogP contribution in [0.2, 0.25) is 0 Å². The Kier molecular flexibility index (Phi) is 10.5. The Morgan fingerprint density at radius 3 is 2.05 bits per heavy atom. The third kappa shape index (κ3) is 7.67. The van der Waals surface area contributed by atoms with E-state index in [4.69, 9.17) is 9.72 Å². The fraction of sp³-hybridized carbons (Fsp3) is 0.255. The van der Waals surface area contributed by atoms with E-state index in [1.807, 2.05) is 18.3 Å². The summed E-state index contributed by atoms with van der Waals surface area (Å²) in [6.07, 6.45) is 6.17. The Morgan fingerprint density at radius 1 is 0.649 bits per heavy atom. The molecule has 3 heterocycles. The maximum absolute atomic E-state index is 6.64. The molecule has 0 amide bonds. The molecule has 57 heavy (non-hydrogen) atoms. The minimum Gasteiger partial charge on any atom is -0.509 e. The normalized spacial score (nSPS) is 13.2. The van der Waals surface area contributed by atoms with Crippen LogP contribution in [0.4, 0.5) is 11.4 Å². The molecule has 8 rings (SSSR count). The van der Waals surface area contributed by atoms with Gasteiger partial charge in [0.1, 0.15) is 5.82 Å². The molecule has 294 valence electrons. The maximum atomic E-state index is 6.64. The van der Waals surface area contributed by atoms with Crippen LogP contribution in [0.3, 0.4) is 0 Å². The molecule has 2 aromatic heterocycles. The fourth-order valence-corrected chi connectivity index (χ4v) is 8.14. The minimum absolute atomic E-state index is 0. The quantitative estimate of drug-likeness (QED) is 0.156. The molecule has 5 aromatic carbocycles. The van der Waals surface area contributed by atoms with Gasteiger partial charge in [-0.15, -0.1) is 48.1 Å². The SMILES string of the molecule is Cc1cc(Oc2[c-]c3c(cc2)c2ccc(C(C)(C)C)cc2n3-c2cc(-c3c(C)cc(C)cc3C)c(C)cn2)[c-]c(N2C=CN(c3ccccc3C(C)(C)C)[CH-]2)c1.[Pt]. The predicted molar refractivity (Wildman–Crippen MR) is 234 cm³/mol. The number of para-hydroxylation sites is 1. The number of rotatable bonds is 6. The van der Waals surface area contributed by atoms with Crippen LogP contribution in [-0.2, 0) is 31.9 Å². The second-order valence-electron chi connectivity index (χ2n) is 17.5. The number of aromatic nitrogens is 2. The first-order chi connectivity index (χ1) is 26.5. The van der Waals surface area contributed by atoms with Crippen molar-refractivity contribution in [2.75, 3.05) is 9.80 Å². The van der Waals surface area contributed by atoms with Crippen LogP contribution < -0.4 is 14.5 Å². The Balaban J connectivity index is 0.00000496. The average molecular weight is 931 g/mol. The van der Waals surface area contributed by atoms with Gasteiger partial charge in [0, 0.05) is 50.0 Å². The van der Waals surface area contributed by atoms with Gasteiger partial charge in [-0.25, -0.2) is 4.98 Å². The summed E-state index contributed by atoms with van der Waals surface area (Å²) >= 11 is 0. The van der Waals surface area contributed by atoms with Gasteiger partial charge in [0.15, 0.2) is 0 Å². The standard InChI is InChI=1S/C51H51N4O.Pt/c1-32-22-34(3)49(35(4)23-32)43-29-48(52-30-36(43)5)55-46-26-37(50(6,7)8)16-18-41(46)42-19-17-39(28-47(42)55)56-40-25-33(2)24-38(27-40)53-20-21-54(31-53)45-15-13-12-14-44(45)51(9,10)11;/h12-26,29-31H,1-11H3;/q-3;. The molecule has 1 aliphatic heterocycles. The molecule has 5 nitrogen and oxygen atoms in total. The van der Waals surface area contributed by atoms with E-state index >= 15 is 0 Å². The van der Waals surface area contributed by atoms with Crippen molar-refractivity contribution in [1.82, 2.24) is 9.55 Å². The van der Waals surface area contributed by atoms with Gasteiger partial charge in [-0.2, -0.15) is 11.6 Å². The van der Waals surface area contributed by atoms with Gasteiger partial charge in [-0.3, -0.25) is 0 Å². The van der Waals surface area contributed by atoms with Gasteiger partial charge in [0.2, 0.25) is 0 Å². The Hall–Kier alpha value is -5.12. The van der Waals surface area contributed by atoms with E-state index in [-0.39, 0.29) is 31.9 Å². The molecule has 0 bridgehead atoms. The van der Waals surface area contributed by atoms with E-state index < -0.39 is 0 Å². The topological polar surface area (TPSA) is 33.5 Å². The summed E-state index contributed by atoms with van der Waals surface area (Å²) in [6, 6.07) is 37.7. The van der Waals surface area contributed by atoms with Crippen molar-refractivity contribution in [3.63, 3.8) is 0 Å². The van der Waals surface area contributed by atoms with Crippen molar-refractivity contribution in [2.45, 2.75) is 87.0 Å². The molecule has 0 radical (unpaired) electrons. The van der Waals surface area contributed by atoms with E-state index in [0.29, 0.717) is 11.5 Å². The molecule has 0 spiro atoms. The number of nitrogens with zero attached hydrogens (tertiary/aromatic N) is 4. The largest absolute Gasteiger partial charge is 0.509 e. The molecule has 0 N–H and O–H groups in total. The van der Waals surface area contributed by atoms with Gasteiger partial charge in [-0.05, 0) is 113 Å². The molecule has 0 atom stereocenters. The fourth-order valence-electron chi connectivity index (χ4n) is 8.14. The smallest absolute Gasteiger partial charge is 0.136 e. The average Bonchev–Trinajstić information content (AvgIpc) is 3.74. The summed E-state index contributed by atoms with van der Waals surface area (Å²) in [6.45, 7) is 26.4. The van der Waals surface area contributed by atoms with Crippen LogP contribution in [0.15, 0.2) is 104 Å². The molecule has 0 fully saturated rings. The van der Waals surface area contributed by atoms with E-state index in [2.05, 4.69) is 195 Å². The van der Waals surface area contributed by atoms with Crippen molar-refractivity contribution in [3.05, 3.63) is 161 Å². The van der Waals surface area contributed by atoms with Crippen LogP contribution in [0.25, 0.3) is 38.8 Å². The number of fused-ring (bicyclic) bond motifs is 3. The monoisotopic (exact) mass is 930 g/mol. The van der Waals surface area contributed by atoms with Crippen LogP contribution in [0, 0.1) is 53.4 Å². The van der Waals surface area contributed by atoms with Crippen molar-refractivity contribution < 1.29 is 25.8 Å². The first-order valence-electron chi connectivity index (χ1n) is 19.5. The third-order valence-corrected chi connectivity index (χ3v) is 10.9. The van der Waals surface area contributed by atoms with E-state index in [1.165, 1.54) is 38.9 Å². The summed E-state index contributed by atoms with van der Waals surface area (Å²) in [5.74, 6) is 2.09. The van der Waals surface area contributed by atoms with Crippen LogP contribution in [-0.4, -0.2) is 9.55 Å². The van der Waals surface area contributed by atoms with Crippen molar-refractivity contribution >= 4 is 33.2 Å². The first kappa shape index (κ1) is 40.1. The van der Waals surface area contributed by atoms with Gasteiger partial charge in [0.05, 0.1) is 0 Å². The second-order valence-corrected chi connectivity index (χ2v) is 17.5. The Bertz CT molecular complexity index is 2670. The van der Waals surface area contributed by atoms with E-state index in [1.54, 1.807) is 0 Å². The van der Waals surface area contributed by atoms with Crippen molar-refractivity contribution in [3.8, 4) is 28.4 Å². The summed E-state index contributed by atoms with van der Waals surface area (Å²) in [5, 5.41) is 2.25. The Morgan fingerprint density at radius 2 is 1.33 bits per heavy atom. The van der Waals surface area contributed by atoms with Crippen molar-refractivity contribution in [1.29, 1.82) is 0 Å². The molecule has 0 unspecified atom stereocenters. The van der Waals surface area contributed by atoms with Crippen LogP contribution in [0.1, 0.15) is 80.5 Å². The van der Waals surface area contributed by atoms with Gasteiger partial charge < -0.3 is 19.1 Å². The third-order valence-electron chi connectivity index (χ3n) is 10.9. The molecule has 0 saturated heterocycles. The summed E-state index contributed by atoms with van der Waals surface area (Å²) in [7, 11) is 0. The van der Waals surface area contributed by atoms with Gasteiger partial charge in [0.25, 0.3) is 0 Å². The number of hydrogen-bond donors (Lipinski definition) is 0. The molecule has 1 aliphatic rings. The summed E-state index contributed by atoms with van der Waals surface area (Å²) in [5.41, 5.74) is 15.1. The summed E-state index contributed by atoms with van der Waals surface area (Å²) in [4.78, 5) is 9.35. The first-order valence-corrected chi connectivity index (χ1v) is 19.5.